The van der Waals surface area contributed by atoms with E-state index in [1.807, 2.05) is 20.8 Å². The molecule has 2 N–H and O–H groups in total. The second-order valence-electron chi connectivity index (χ2n) is 8.71. The molecule has 2 heterocycles. The van der Waals surface area contributed by atoms with Gasteiger partial charge < -0.3 is 20.1 Å². The summed E-state index contributed by atoms with van der Waals surface area (Å²) in [6.45, 7) is 5.66. The number of likely N-dealkylation sites (N-methyl/N-ethyl adjacent to an activating group) is 1. The van der Waals surface area contributed by atoms with Crippen LogP contribution in [0, 0.1) is 11.2 Å². The number of nitrogens with zero attached hydrogens (tertiary/aromatic N) is 4. The zero-order chi connectivity index (χ0) is 22.9. The number of halogens is 1. The summed E-state index contributed by atoms with van der Waals surface area (Å²) < 4.78 is 20.9. The Bertz CT molecular complexity index is 971. The standard InChI is InChI=1S/C21H28FN5O4/c1-21(2,3)18(20(30)26-10-12(28)8-17(26)19(29)23-4)27-11-16(24-25-27)14-7-6-13(31-5)9-15(14)22/h6-7,9,11-12,17-18,28H,8,10H2,1-5H3,(H,23,29)/t12?,17?,18-/m1/s1. The summed E-state index contributed by atoms with van der Waals surface area (Å²) in [4.78, 5) is 27.2. The van der Waals surface area contributed by atoms with Gasteiger partial charge in [-0.1, -0.05) is 26.0 Å². The Morgan fingerprint density at radius 3 is 2.65 bits per heavy atom. The molecule has 3 rings (SSSR count). The number of β-amino-alcohol motifs (C(OH)–C–C–N with tert-alkyl or cyclic N) is 1. The fraction of sp³-hybridized carbons (Fsp3) is 0.524. The molecule has 1 aliphatic heterocycles. The molecule has 1 aromatic heterocycles. The maximum absolute atomic E-state index is 14.5. The highest BCUT2D eigenvalue weighted by Gasteiger charge is 2.45. The first-order valence-electron chi connectivity index (χ1n) is 10.0. The number of hydrogen-bond donors (Lipinski definition) is 2. The number of methoxy groups -OCH3 is 1. The van der Waals surface area contributed by atoms with E-state index in [0.29, 0.717) is 5.75 Å². The molecule has 0 saturated carbocycles. The van der Waals surface area contributed by atoms with E-state index in [0.717, 1.165) is 0 Å². The van der Waals surface area contributed by atoms with Crippen LogP contribution >= 0.6 is 0 Å². The minimum atomic E-state index is -0.812. The second-order valence-corrected chi connectivity index (χ2v) is 8.71. The number of aromatic nitrogens is 3. The van der Waals surface area contributed by atoms with Gasteiger partial charge in [-0.2, -0.15) is 0 Å². The van der Waals surface area contributed by atoms with Crippen LogP contribution in [0.2, 0.25) is 0 Å². The van der Waals surface area contributed by atoms with E-state index in [2.05, 4.69) is 15.6 Å². The summed E-state index contributed by atoms with van der Waals surface area (Å²) in [6, 6.07) is 2.82. The van der Waals surface area contributed by atoms with Gasteiger partial charge in [-0.3, -0.25) is 9.59 Å². The molecule has 1 saturated heterocycles. The van der Waals surface area contributed by atoms with Crippen molar-refractivity contribution in [2.45, 2.75) is 45.4 Å². The van der Waals surface area contributed by atoms with Crippen LogP contribution in [0.5, 0.6) is 5.75 Å². The quantitative estimate of drug-likeness (QED) is 0.738. The first-order chi connectivity index (χ1) is 14.6. The number of carbonyl (C=O) groups is 2. The van der Waals surface area contributed by atoms with Crippen LogP contribution < -0.4 is 10.1 Å². The summed E-state index contributed by atoms with van der Waals surface area (Å²) in [5, 5.41) is 20.8. The molecule has 1 fully saturated rings. The van der Waals surface area contributed by atoms with Crippen molar-refractivity contribution < 1.29 is 23.8 Å². The molecule has 0 radical (unpaired) electrons. The molecule has 1 aromatic carbocycles. The summed E-state index contributed by atoms with van der Waals surface area (Å²) in [6.07, 6.45) is 0.897. The van der Waals surface area contributed by atoms with Crippen molar-refractivity contribution in [1.82, 2.24) is 25.2 Å². The number of rotatable bonds is 5. The Morgan fingerprint density at radius 1 is 1.35 bits per heavy atom. The highest BCUT2D eigenvalue weighted by molar-refractivity contribution is 5.90. The predicted octanol–water partition coefficient (Wildman–Crippen LogP) is 1.39. The zero-order valence-electron chi connectivity index (χ0n) is 18.3. The molecule has 1 aliphatic rings. The maximum atomic E-state index is 14.5. The number of ether oxygens (including phenoxy) is 1. The lowest BCUT2D eigenvalue weighted by Crippen LogP contribution is -2.49. The van der Waals surface area contributed by atoms with Crippen molar-refractivity contribution in [2.24, 2.45) is 5.41 Å². The van der Waals surface area contributed by atoms with E-state index >= 15 is 0 Å². The molecule has 3 atom stereocenters. The highest BCUT2D eigenvalue weighted by atomic mass is 19.1. The van der Waals surface area contributed by atoms with Gasteiger partial charge in [-0.05, 0) is 17.5 Å². The average Bonchev–Trinajstić information content (AvgIpc) is 3.33. The van der Waals surface area contributed by atoms with Gasteiger partial charge in [-0.25, -0.2) is 9.07 Å². The third-order valence-corrected chi connectivity index (χ3v) is 5.39. The van der Waals surface area contributed by atoms with Crippen LogP contribution in [0.1, 0.15) is 33.2 Å². The van der Waals surface area contributed by atoms with E-state index in [4.69, 9.17) is 4.74 Å². The van der Waals surface area contributed by atoms with Gasteiger partial charge in [0.05, 0.1) is 19.4 Å². The van der Waals surface area contributed by atoms with Crippen molar-refractivity contribution >= 4 is 11.8 Å². The van der Waals surface area contributed by atoms with Gasteiger partial charge in [0.2, 0.25) is 11.8 Å². The zero-order valence-corrected chi connectivity index (χ0v) is 18.3. The Labute approximate surface area is 180 Å². The van der Waals surface area contributed by atoms with E-state index in [-0.39, 0.29) is 36.0 Å². The van der Waals surface area contributed by atoms with Crippen LogP contribution in [0.15, 0.2) is 24.4 Å². The summed E-state index contributed by atoms with van der Waals surface area (Å²) in [5.74, 6) is -0.835. The van der Waals surface area contributed by atoms with Crippen molar-refractivity contribution in [3.8, 4) is 17.0 Å². The largest absolute Gasteiger partial charge is 0.497 e. The lowest BCUT2D eigenvalue weighted by Gasteiger charge is -2.34. The Hall–Kier alpha value is -3.01. The molecule has 0 spiro atoms. The first-order valence-corrected chi connectivity index (χ1v) is 10.0. The van der Waals surface area contributed by atoms with Gasteiger partial charge >= 0.3 is 0 Å². The number of nitrogens with one attached hydrogen (secondary N) is 1. The number of aliphatic hydroxyl groups excluding tert-OH is 1. The van der Waals surface area contributed by atoms with E-state index < -0.39 is 29.4 Å². The predicted molar refractivity (Wildman–Crippen MR) is 111 cm³/mol. The third-order valence-electron chi connectivity index (χ3n) is 5.39. The van der Waals surface area contributed by atoms with Crippen molar-refractivity contribution in [1.29, 1.82) is 0 Å². The lowest BCUT2D eigenvalue weighted by molar-refractivity contribution is -0.144. The molecule has 0 aliphatic carbocycles. The lowest BCUT2D eigenvalue weighted by atomic mass is 9.85. The fourth-order valence-electron chi connectivity index (χ4n) is 3.87. The number of benzene rings is 1. The van der Waals surface area contributed by atoms with Gasteiger partial charge in [0.1, 0.15) is 29.3 Å². The SMILES string of the molecule is CNC(=O)C1CC(O)CN1C(=O)[C@@H](n1cc(-c2ccc(OC)cc2F)nn1)C(C)(C)C. The molecule has 2 aromatic rings. The Kier molecular flexibility index (Phi) is 6.30. The third kappa shape index (κ3) is 4.53. The smallest absolute Gasteiger partial charge is 0.248 e. The molecule has 168 valence electrons. The van der Waals surface area contributed by atoms with Crippen LogP contribution in [0.3, 0.4) is 0 Å². The Balaban J connectivity index is 1.96. The number of aliphatic hydroxyl groups is 1. The van der Waals surface area contributed by atoms with Crippen molar-refractivity contribution in [3.63, 3.8) is 0 Å². The normalized spacial score (nSPS) is 19.9. The molecule has 10 heteroatoms. The summed E-state index contributed by atoms with van der Waals surface area (Å²) in [7, 11) is 2.94. The molecule has 31 heavy (non-hydrogen) atoms. The monoisotopic (exact) mass is 433 g/mol. The molecule has 2 unspecified atom stereocenters. The van der Waals surface area contributed by atoms with Crippen LogP contribution in [-0.2, 0) is 9.59 Å². The fourth-order valence-corrected chi connectivity index (χ4v) is 3.87. The van der Waals surface area contributed by atoms with Crippen LogP contribution in [-0.4, -0.2) is 69.7 Å². The van der Waals surface area contributed by atoms with Crippen molar-refractivity contribution in [2.75, 3.05) is 20.7 Å². The van der Waals surface area contributed by atoms with Crippen molar-refractivity contribution in [3.05, 3.63) is 30.2 Å². The van der Waals surface area contributed by atoms with Gasteiger partial charge in [0.15, 0.2) is 0 Å². The Morgan fingerprint density at radius 2 is 2.06 bits per heavy atom. The van der Waals surface area contributed by atoms with Gasteiger partial charge in [-0.15, -0.1) is 5.10 Å². The van der Waals surface area contributed by atoms with Crippen LogP contribution in [0.25, 0.3) is 11.3 Å². The molecular weight excluding hydrogens is 405 g/mol. The molecule has 2 amide bonds. The minimum Gasteiger partial charge on any atom is -0.497 e. The van der Waals surface area contributed by atoms with E-state index in [1.165, 1.54) is 42.1 Å². The number of amides is 2. The first kappa shape index (κ1) is 22.7. The number of likely N-dealkylation sites (tertiary alicyclic amines) is 1. The van der Waals surface area contributed by atoms with E-state index in [9.17, 15) is 19.1 Å². The average molecular weight is 433 g/mol. The molecule has 0 bridgehead atoms. The minimum absolute atomic E-state index is 0.0537. The number of carbonyl (C=O) groups excluding carboxylic acids is 2. The number of hydrogen-bond acceptors (Lipinski definition) is 6. The van der Waals surface area contributed by atoms with Crippen LogP contribution in [0.4, 0.5) is 4.39 Å². The molecular formula is C21H28FN5O4. The maximum Gasteiger partial charge on any atom is 0.248 e. The van der Waals surface area contributed by atoms with Gasteiger partial charge in [0.25, 0.3) is 0 Å². The highest BCUT2D eigenvalue weighted by Crippen LogP contribution is 2.35. The van der Waals surface area contributed by atoms with E-state index in [1.54, 1.807) is 6.07 Å². The second kappa shape index (κ2) is 8.62. The van der Waals surface area contributed by atoms with Gasteiger partial charge in [0, 0.05) is 31.6 Å². The summed E-state index contributed by atoms with van der Waals surface area (Å²) >= 11 is 0. The molecule has 9 nitrogen and oxygen atoms in total. The summed E-state index contributed by atoms with van der Waals surface area (Å²) in [5.41, 5.74) is -0.0973. The topological polar surface area (TPSA) is 110 Å².